The van der Waals surface area contributed by atoms with Crippen molar-refractivity contribution in [1.29, 1.82) is 0 Å². The lowest BCUT2D eigenvalue weighted by atomic mass is 9.84. The maximum absolute atomic E-state index is 13.1. The van der Waals surface area contributed by atoms with E-state index in [1.165, 1.54) is 23.8 Å². The first-order valence-corrected chi connectivity index (χ1v) is 7.00. The molecule has 1 amide bonds. The molecule has 2 nitrogen and oxygen atoms in total. The molecule has 0 aliphatic carbocycles. The fourth-order valence-electron chi connectivity index (χ4n) is 2.27. The number of carbonyl (C=O) groups excluding carboxylic acids is 1. The Morgan fingerprint density at radius 1 is 1.14 bits per heavy atom. The van der Waals surface area contributed by atoms with Crippen molar-refractivity contribution in [3.63, 3.8) is 0 Å². The average molecular weight is 285 g/mol. The highest BCUT2D eigenvalue weighted by molar-refractivity contribution is 5.95. The van der Waals surface area contributed by atoms with E-state index in [0.29, 0.717) is 17.7 Å². The molecule has 0 saturated carbocycles. The summed E-state index contributed by atoms with van der Waals surface area (Å²) in [6, 6.07) is 14.3. The zero-order valence-corrected chi connectivity index (χ0v) is 12.6. The second kappa shape index (κ2) is 6.08. The molecule has 0 radical (unpaired) electrons. The van der Waals surface area contributed by atoms with Crippen molar-refractivity contribution >= 4 is 5.91 Å². The van der Waals surface area contributed by atoms with Crippen molar-refractivity contribution in [3.05, 3.63) is 71.0 Å². The molecule has 0 saturated heterocycles. The lowest BCUT2D eigenvalue weighted by Crippen LogP contribution is -2.36. The predicted molar refractivity (Wildman–Crippen MR) is 82.9 cm³/mol. The Bertz CT molecular complexity index is 635. The quantitative estimate of drug-likeness (QED) is 0.908. The number of nitrogens with one attached hydrogen (secondary N) is 1. The minimum Gasteiger partial charge on any atom is -0.351 e. The first kappa shape index (κ1) is 15.2. The van der Waals surface area contributed by atoms with E-state index in [1.54, 1.807) is 6.92 Å². The molecule has 0 aliphatic rings. The van der Waals surface area contributed by atoms with E-state index < -0.39 is 0 Å². The number of hydrogen-bond donors (Lipinski definition) is 1. The number of aryl methyl sites for hydroxylation is 1. The Labute approximate surface area is 125 Å². The van der Waals surface area contributed by atoms with Crippen molar-refractivity contribution in [2.24, 2.45) is 0 Å². The van der Waals surface area contributed by atoms with E-state index >= 15 is 0 Å². The van der Waals surface area contributed by atoms with Crippen LogP contribution in [0.25, 0.3) is 0 Å². The smallest absolute Gasteiger partial charge is 0.251 e. The molecule has 2 rings (SSSR count). The molecule has 2 aromatic rings. The minimum atomic E-state index is -0.325. The Morgan fingerprint density at radius 3 is 2.43 bits per heavy atom. The van der Waals surface area contributed by atoms with Crippen LogP contribution in [-0.4, -0.2) is 12.5 Å². The largest absolute Gasteiger partial charge is 0.351 e. The summed E-state index contributed by atoms with van der Waals surface area (Å²) < 4.78 is 13.1. The summed E-state index contributed by atoms with van der Waals surface area (Å²) in [5.41, 5.74) is 2.16. The van der Waals surface area contributed by atoms with Crippen molar-refractivity contribution in [2.75, 3.05) is 6.54 Å². The van der Waals surface area contributed by atoms with Gasteiger partial charge in [-0.05, 0) is 36.2 Å². The summed E-state index contributed by atoms with van der Waals surface area (Å²) in [4.78, 5) is 12.2. The summed E-state index contributed by atoms with van der Waals surface area (Å²) in [7, 11) is 0. The molecular formula is C18H20FNO. The minimum absolute atomic E-state index is 0.162. The summed E-state index contributed by atoms with van der Waals surface area (Å²) >= 11 is 0. The molecular weight excluding hydrogens is 265 g/mol. The van der Waals surface area contributed by atoms with Crippen molar-refractivity contribution in [2.45, 2.75) is 26.2 Å². The molecule has 0 spiro atoms. The first-order valence-electron chi connectivity index (χ1n) is 7.00. The SMILES string of the molecule is Cc1cc(F)ccc1C(=O)NCC(C)(C)c1ccccc1. The fraction of sp³-hybridized carbons (Fsp3) is 0.278. The highest BCUT2D eigenvalue weighted by atomic mass is 19.1. The molecule has 1 N–H and O–H groups in total. The van der Waals surface area contributed by atoms with Crippen LogP contribution in [0.2, 0.25) is 0 Å². The summed E-state index contributed by atoms with van der Waals surface area (Å²) in [6.07, 6.45) is 0. The summed E-state index contributed by atoms with van der Waals surface area (Å²) in [6.45, 7) is 6.42. The number of amides is 1. The van der Waals surface area contributed by atoms with Gasteiger partial charge < -0.3 is 5.32 Å². The second-order valence-electron chi connectivity index (χ2n) is 5.89. The Hall–Kier alpha value is -2.16. The van der Waals surface area contributed by atoms with Crippen LogP contribution in [0.1, 0.15) is 35.3 Å². The van der Waals surface area contributed by atoms with E-state index in [9.17, 15) is 9.18 Å². The fourth-order valence-corrected chi connectivity index (χ4v) is 2.27. The van der Waals surface area contributed by atoms with Crippen LogP contribution in [0.5, 0.6) is 0 Å². The van der Waals surface area contributed by atoms with Crippen molar-refractivity contribution < 1.29 is 9.18 Å². The van der Waals surface area contributed by atoms with Gasteiger partial charge in [-0.25, -0.2) is 4.39 Å². The van der Waals surface area contributed by atoms with Crippen LogP contribution in [0.15, 0.2) is 48.5 Å². The average Bonchev–Trinajstić information content (AvgIpc) is 2.46. The molecule has 0 fully saturated rings. The third-order valence-electron chi connectivity index (χ3n) is 3.68. The van der Waals surface area contributed by atoms with Gasteiger partial charge in [0.2, 0.25) is 0 Å². The Kier molecular flexibility index (Phi) is 4.41. The summed E-state index contributed by atoms with van der Waals surface area (Å²) in [5, 5.41) is 2.94. The van der Waals surface area contributed by atoms with Gasteiger partial charge in [0.05, 0.1) is 0 Å². The lowest BCUT2D eigenvalue weighted by Gasteiger charge is -2.25. The van der Waals surface area contributed by atoms with Gasteiger partial charge in [-0.15, -0.1) is 0 Å². The molecule has 21 heavy (non-hydrogen) atoms. The van der Waals surface area contributed by atoms with Gasteiger partial charge in [0, 0.05) is 17.5 Å². The van der Waals surface area contributed by atoms with E-state index in [-0.39, 0.29) is 17.1 Å². The normalized spacial score (nSPS) is 11.2. The molecule has 0 unspecified atom stereocenters. The van der Waals surface area contributed by atoms with E-state index in [1.807, 2.05) is 18.2 Å². The predicted octanol–water partition coefficient (Wildman–Crippen LogP) is 3.84. The zero-order valence-electron chi connectivity index (χ0n) is 12.6. The first-order chi connectivity index (χ1) is 9.90. The zero-order chi connectivity index (χ0) is 15.5. The van der Waals surface area contributed by atoms with E-state index in [0.717, 1.165) is 0 Å². The van der Waals surface area contributed by atoms with E-state index in [2.05, 4.69) is 31.3 Å². The van der Waals surface area contributed by atoms with Crippen LogP contribution < -0.4 is 5.32 Å². The van der Waals surface area contributed by atoms with Crippen LogP contribution in [0, 0.1) is 12.7 Å². The Balaban J connectivity index is 2.07. The van der Waals surface area contributed by atoms with Gasteiger partial charge in [-0.1, -0.05) is 44.2 Å². The summed E-state index contributed by atoms with van der Waals surface area (Å²) in [5.74, 6) is -0.495. The highest BCUT2D eigenvalue weighted by Crippen LogP contribution is 2.22. The number of carbonyl (C=O) groups is 1. The lowest BCUT2D eigenvalue weighted by molar-refractivity contribution is 0.0945. The maximum atomic E-state index is 13.1. The van der Waals surface area contributed by atoms with Gasteiger partial charge in [0.15, 0.2) is 0 Å². The van der Waals surface area contributed by atoms with Crippen LogP contribution in [0.4, 0.5) is 4.39 Å². The maximum Gasteiger partial charge on any atom is 0.251 e. The molecule has 0 heterocycles. The van der Waals surface area contributed by atoms with Crippen molar-refractivity contribution in [1.82, 2.24) is 5.32 Å². The number of hydrogen-bond acceptors (Lipinski definition) is 1. The highest BCUT2D eigenvalue weighted by Gasteiger charge is 2.21. The van der Waals surface area contributed by atoms with Gasteiger partial charge in [-0.2, -0.15) is 0 Å². The molecule has 0 aliphatic heterocycles. The van der Waals surface area contributed by atoms with Crippen LogP contribution >= 0.6 is 0 Å². The second-order valence-corrected chi connectivity index (χ2v) is 5.89. The van der Waals surface area contributed by atoms with Gasteiger partial charge in [0.1, 0.15) is 5.82 Å². The van der Waals surface area contributed by atoms with Crippen LogP contribution in [0.3, 0.4) is 0 Å². The van der Waals surface area contributed by atoms with Gasteiger partial charge in [0.25, 0.3) is 5.91 Å². The van der Waals surface area contributed by atoms with Gasteiger partial charge >= 0.3 is 0 Å². The number of rotatable bonds is 4. The molecule has 0 atom stereocenters. The number of benzene rings is 2. The number of halogens is 1. The van der Waals surface area contributed by atoms with Crippen LogP contribution in [-0.2, 0) is 5.41 Å². The molecule has 0 aromatic heterocycles. The topological polar surface area (TPSA) is 29.1 Å². The molecule has 2 aromatic carbocycles. The van der Waals surface area contributed by atoms with E-state index in [4.69, 9.17) is 0 Å². The molecule has 0 bridgehead atoms. The van der Waals surface area contributed by atoms with Crippen molar-refractivity contribution in [3.8, 4) is 0 Å². The monoisotopic (exact) mass is 285 g/mol. The molecule has 110 valence electrons. The molecule has 3 heteroatoms. The third-order valence-corrected chi connectivity index (χ3v) is 3.68. The third kappa shape index (κ3) is 3.69. The Morgan fingerprint density at radius 2 is 1.81 bits per heavy atom. The standard InChI is InChI=1S/C18H20FNO/c1-13-11-15(19)9-10-16(13)17(21)20-12-18(2,3)14-7-5-4-6-8-14/h4-11H,12H2,1-3H3,(H,20,21). The van der Waals surface area contributed by atoms with Gasteiger partial charge in [-0.3, -0.25) is 4.79 Å².